The van der Waals surface area contributed by atoms with E-state index in [9.17, 15) is 26.8 Å². The Morgan fingerprint density at radius 3 is 2.70 bits per heavy atom. The summed E-state index contributed by atoms with van der Waals surface area (Å²) in [4.78, 5) is 30.7. The predicted molar refractivity (Wildman–Crippen MR) is 105 cm³/mol. The van der Waals surface area contributed by atoms with Crippen molar-refractivity contribution in [2.75, 3.05) is 29.3 Å². The molecule has 3 rings (SSSR count). The molecular weight excluding hydrogens is 446 g/mol. The van der Waals surface area contributed by atoms with Gasteiger partial charge in [-0.05, 0) is 0 Å². The highest BCUT2D eigenvalue weighted by Crippen LogP contribution is 2.35. The van der Waals surface area contributed by atoms with Gasteiger partial charge in [-0.3, -0.25) is 9.79 Å². The van der Waals surface area contributed by atoms with E-state index >= 15 is 0 Å². The van der Waals surface area contributed by atoms with Crippen molar-refractivity contribution < 1.29 is 31.9 Å². The van der Waals surface area contributed by atoms with E-state index in [2.05, 4.69) is 25.9 Å². The quantitative estimate of drug-likeness (QED) is 0.369. The van der Waals surface area contributed by atoms with E-state index < -0.39 is 56.5 Å². The van der Waals surface area contributed by atoms with Crippen LogP contribution in [0.15, 0.2) is 22.6 Å². The summed E-state index contributed by atoms with van der Waals surface area (Å²) in [7, 11) is -3.58. The van der Waals surface area contributed by atoms with Crippen molar-refractivity contribution in [1.29, 1.82) is 0 Å². The van der Waals surface area contributed by atoms with Gasteiger partial charge < -0.3 is 21.1 Å². The first-order chi connectivity index (χ1) is 14.3. The van der Waals surface area contributed by atoms with Gasteiger partial charge in [-0.2, -0.15) is 0 Å². The lowest BCUT2D eigenvalue weighted by Gasteiger charge is -2.18. The standard InChI is InChI=1S/C15H14F2N6O5S2/c16-7-4-10(23(30(27)28)13-12(14(25)26)21-6-29-13)8(17)3-9(7)22-11(24)5-20-15-18-1-2-19-15/h3-4,6,30H,1-2,5H2,(H,22,24)(H,25,26)(H2,18,19,20). The molecule has 1 aromatic heterocycles. The Morgan fingerprint density at radius 1 is 1.30 bits per heavy atom. The summed E-state index contributed by atoms with van der Waals surface area (Å²) in [5.41, 5.74) is -0.848. The number of carboxylic acid groups (broad SMARTS) is 1. The monoisotopic (exact) mass is 460 g/mol. The Bertz CT molecular complexity index is 1100. The molecule has 4 N–H and O–H groups in total. The number of thiazole rings is 1. The van der Waals surface area contributed by atoms with Crippen LogP contribution >= 0.6 is 11.3 Å². The topological polar surface area (TPSA) is 153 Å². The zero-order valence-electron chi connectivity index (χ0n) is 14.9. The number of hydrogen-bond acceptors (Lipinski definition) is 9. The molecule has 2 heterocycles. The molecule has 1 amide bonds. The van der Waals surface area contributed by atoms with Crippen molar-refractivity contribution in [2.24, 2.45) is 4.99 Å². The van der Waals surface area contributed by atoms with Crippen LogP contribution in [0.2, 0.25) is 0 Å². The Kier molecular flexibility index (Phi) is 6.41. The molecule has 1 aromatic carbocycles. The number of amides is 1. The average Bonchev–Trinajstić information content (AvgIpc) is 3.36. The molecule has 0 bridgehead atoms. The SMILES string of the molecule is O=C(CNC1=NCCN1)Nc1cc(F)c(N(c2scnc2C(=O)O)[SH](=O)=O)cc1F. The molecule has 0 fully saturated rings. The number of thiol groups is 1. The number of benzene rings is 1. The smallest absolute Gasteiger partial charge is 0.357 e. The zero-order valence-corrected chi connectivity index (χ0v) is 16.6. The first-order valence-electron chi connectivity index (χ1n) is 8.20. The first-order valence-corrected chi connectivity index (χ1v) is 10.2. The van der Waals surface area contributed by atoms with Crippen LogP contribution in [0.25, 0.3) is 0 Å². The van der Waals surface area contributed by atoms with E-state index in [1.165, 1.54) is 0 Å². The number of aliphatic imine (C=N–C) groups is 1. The number of nitrogens with one attached hydrogen (secondary N) is 3. The van der Waals surface area contributed by atoms with Crippen LogP contribution in [0.4, 0.5) is 25.2 Å². The Labute approximate surface area is 173 Å². The maximum atomic E-state index is 14.6. The average molecular weight is 460 g/mol. The second-order valence-corrected chi connectivity index (χ2v) is 7.41. The third-order valence-corrected chi connectivity index (χ3v) is 5.42. The number of halogens is 2. The Hall–Kier alpha value is -3.33. The molecule has 0 atom stereocenters. The van der Waals surface area contributed by atoms with Gasteiger partial charge >= 0.3 is 5.97 Å². The van der Waals surface area contributed by atoms with Crippen LogP contribution in [0, 0.1) is 11.6 Å². The number of carboxylic acids is 1. The molecule has 0 radical (unpaired) electrons. The summed E-state index contributed by atoms with van der Waals surface area (Å²) in [6.07, 6.45) is 0. The van der Waals surface area contributed by atoms with Crippen molar-refractivity contribution in [2.45, 2.75) is 0 Å². The maximum absolute atomic E-state index is 14.6. The fraction of sp³-hybridized carbons (Fsp3) is 0.200. The minimum absolute atomic E-state index is 0.268. The number of carbonyl (C=O) groups is 2. The van der Waals surface area contributed by atoms with Gasteiger partial charge in [0.2, 0.25) is 16.8 Å². The zero-order chi connectivity index (χ0) is 21.8. The lowest BCUT2D eigenvalue weighted by molar-refractivity contribution is -0.115. The summed E-state index contributed by atoms with van der Waals surface area (Å²) in [6, 6.07) is 1.14. The molecule has 2 aromatic rings. The lowest BCUT2D eigenvalue weighted by atomic mass is 10.2. The van der Waals surface area contributed by atoms with E-state index in [1.807, 2.05) is 0 Å². The van der Waals surface area contributed by atoms with E-state index in [4.69, 9.17) is 5.11 Å². The van der Waals surface area contributed by atoms with Crippen molar-refractivity contribution in [3.63, 3.8) is 0 Å². The lowest BCUT2D eigenvalue weighted by Crippen LogP contribution is -2.39. The highest BCUT2D eigenvalue weighted by Gasteiger charge is 2.26. The van der Waals surface area contributed by atoms with Crippen molar-refractivity contribution >= 4 is 56.4 Å². The minimum Gasteiger partial charge on any atom is -0.476 e. The first kappa shape index (κ1) is 21.4. The highest BCUT2D eigenvalue weighted by molar-refractivity contribution is 7.74. The molecule has 1 aliphatic rings. The van der Waals surface area contributed by atoms with Crippen LogP contribution in [0.1, 0.15) is 10.5 Å². The third kappa shape index (κ3) is 4.62. The van der Waals surface area contributed by atoms with Gasteiger partial charge in [0, 0.05) is 18.7 Å². The van der Waals surface area contributed by atoms with Crippen LogP contribution in [0.5, 0.6) is 0 Å². The van der Waals surface area contributed by atoms with Crippen molar-refractivity contribution in [1.82, 2.24) is 15.6 Å². The Balaban J connectivity index is 1.84. The second-order valence-electron chi connectivity index (χ2n) is 5.70. The number of nitrogens with zero attached hydrogens (tertiary/aromatic N) is 3. The number of hydrogen-bond donors (Lipinski definition) is 5. The largest absolute Gasteiger partial charge is 0.476 e. The molecular formula is C15H14F2N6O5S2. The molecule has 15 heteroatoms. The normalized spacial score (nSPS) is 13.0. The summed E-state index contributed by atoms with van der Waals surface area (Å²) in [5.74, 6) is -4.16. The van der Waals surface area contributed by atoms with Crippen molar-refractivity contribution in [3.05, 3.63) is 35.0 Å². The fourth-order valence-corrected chi connectivity index (χ4v) is 4.10. The minimum atomic E-state index is -3.58. The van der Waals surface area contributed by atoms with E-state index in [0.29, 0.717) is 46.8 Å². The summed E-state index contributed by atoms with van der Waals surface area (Å²) in [6.45, 7) is 0.899. The van der Waals surface area contributed by atoms with E-state index in [-0.39, 0.29) is 6.54 Å². The summed E-state index contributed by atoms with van der Waals surface area (Å²) in [5, 5.41) is 16.4. The number of anilines is 3. The molecule has 1 aliphatic heterocycles. The second kappa shape index (κ2) is 9.00. The van der Waals surface area contributed by atoms with Crippen LogP contribution in [-0.4, -0.2) is 56.0 Å². The highest BCUT2D eigenvalue weighted by atomic mass is 32.2. The van der Waals surface area contributed by atoms with E-state index in [0.717, 1.165) is 5.51 Å². The van der Waals surface area contributed by atoms with Gasteiger partial charge in [0.05, 0.1) is 30.0 Å². The van der Waals surface area contributed by atoms with Crippen LogP contribution in [0.3, 0.4) is 0 Å². The summed E-state index contributed by atoms with van der Waals surface area (Å²) >= 11 is 0.623. The number of guanidine groups is 1. The number of carbonyl (C=O) groups excluding carboxylic acids is 1. The van der Waals surface area contributed by atoms with Gasteiger partial charge in [0.25, 0.3) is 0 Å². The van der Waals surface area contributed by atoms with Gasteiger partial charge in [-0.25, -0.2) is 31.3 Å². The maximum Gasteiger partial charge on any atom is 0.357 e. The molecule has 160 valence electrons. The van der Waals surface area contributed by atoms with Gasteiger partial charge in [-0.1, -0.05) is 0 Å². The molecule has 11 nitrogen and oxygen atoms in total. The van der Waals surface area contributed by atoms with Crippen LogP contribution < -0.4 is 20.3 Å². The van der Waals surface area contributed by atoms with Crippen molar-refractivity contribution in [3.8, 4) is 0 Å². The van der Waals surface area contributed by atoms with E-state index in [1.54, 1.807) is 0 Å². The fourth-order valence-electron chi connectivity index (χ4n) is 2.48. The summed E-state index contributed by atoms with van der Waals surface area (Å²) < 4.78 is 52.7. The van der Waals surface area contributed by atoms with Gasteiger partial charge in [-0.15, -0.1) is 11.3 Å². The number of rotatable bonds is 7. The number of aromatic nitrogens is 1. The van der Waals surface area contributed by atoms with Gasteiger partial charge in [0.1, 0.15) is 16.6 Å². The molecule has 30 heavy (non-hydrogen) atoms. The molecule has 0 saturated heterocycles. The molecule has 0 saturated carbocycles. The predicted octanol–water partition coefficient (Wildman–Crippen LogP) is 0.271. The molecule has 0 aliphatic carbocycles. The Morgan fingerprint density at radius 2 is 2.07 bits per heavy atom. The number of aromatic carboxylic acids is 1. The van der Waals surface area contributed by atoms with Crippen LogP contribution in [-0.2, 0) is 15.7 Å². The van der Waals surface area contributed by atoms with Gasteiger partial charge in [0.15, 0.2) is 11.7 Å². The molecule has 0 unspecified atom stereocenters. The molecule has 0 spiro atoms. The third-order valence-electron chi connectivity index (χ3n) is 3.74.